The SMILES string of the molecule is CC1c2cc(N(c3cccc4c3-c3ccccc3C43c4ccccc4-c4ccc(N(c5ccccc5)c5cccc(C6C=CCC6)c5)cc43)C3C=CC=CC3)ccc2C2C=CC=CC2C1C. The van der Waals surface area contributed by atoms with Crippen molar-refractivity contribution in [1.82, 2.24) is 0 Å². The second kappa shape index (κ2) is 15.5. The van der Waals surface area contributed by atoms with E-state index >= 15 is 0 Å². The van der Waals surface area contributed by atoms with Gasteiger partial charge in [-0.25, -0.2) is 0 Å². The summed E-state index contributed by atoms with van der Waals surface area (Å²) in [5.41, 5.74) is 20.5. The zero-order valence-electron chi connectivity index (χ0n) is 37.8. The Morgan fingerprint density at radius 3 is 2.05 bits per heavy atom. The van der Waals surface area contributed by atoms with Gasteiger partial charge in [0.15, 0.2) is 0 Å². The molecule has 320 valence electrons. The second-order valence-corrected chi connectivity index (χ2v) is 19.5. The van der Waals surface area contributed by atoms with Crippen molar-refractivity contribution >= 4 is 28.4 Å². The van der Waals surface area contributed by atoms with Crippen LogP contribution >= 0.6 is 0 Å². The molecule has 0 amide bonds. The molecule has 0 N–H and O–H groups in total. The Hall–Kier alpha value is -7.16. The number of anilines is 5. The van der Waals surface area contributed by atoms with Gasteiger partial charge in [0, 0.05) is 45.8 Å². The van der Waals surface area contributed by atoms with Crippen LogP contribution in [0, 0.1) is 11.8 Å². The second-order valence-electron chi connectivity index (χ2n) is 19.5. The van der Waals surface area contributed by atoms with Gasteiger partial charge in [-0.15, -0.1) is 0 Å². The maximum absolute atomic E-state index is 2.68. The average Bonchev–Trinajstić information content (AvgIpc) is 4.10. The highest BCUT2D eigenvalue weighted by molar-refractivity contribution is 6.00. The molecule has 0 aliphatic heterocycles. The Morgan fingerprint density at radius 2 is 1.21 bits per heavy atom. The van der Waals surface area contributed by atoms with E-state index in [1.165, 1.54) is 84.7 Å². The molecule has 7 aromatic rings. The van der Waals surface area contributed by atoms with Crippen LogP contribution in [0.5, 0.6) is 0 Å². The van der Waals surface area contributed by atoms with Gasteiger partial charge in [0.25, 0.3) is 0 Å². The maximum atomic E-state index is 2.68. The molecule has 66 heavy (non-hydrogen) atoms. The molecular weight excluding hydrogens is 797 g/mol. The van der Waals surface area contributed by atoms with Crippen molar-refractivity contribution in [2.45, 2.75) is 62.3 Å². The summed E-state index contributed by atoms with van der Waals surface area (Å²) in [6, 6.07) is 60.8. The Morgan fingerprint density at radius 1 is 0.500 bits per heavy atom. The fourth-order valence-corrected chi connectivity index (χ4v) is 13.1. The summed E-state index contributed by atoms with van der Waals surface area (Å²) in [5.74, 6) is 2.41. The van der Waals surface area contributed by atoms with Gasteiger partial charge in [0.05, 0.1) is 11.5 Å². The molecule has 0 fully saturated rings. The smallest absolute Gasteiger partial charge is 0.0727 e. The largest absolute Gasteiger partial charge is 0.334 e. The first-order valence-corrected chi connectivity index (χ1v) is 24.3. The maximum Gasteiger partial charge on any atom is 0.0727 e. The molecule has 7 aromatic carbocycles. The molecule has 7 unspecified atom stereocenters. The van der Waals surface area contributed by atoms with Crippen LogP contribution in [0.25, 0.3) is 22.3 Å². The summed E-state index contributed by atoms with van der Waals surface area (Å²) < 4.78 is 0. The standard InChI is InChI=1S/C64H54N2/c1-42-43(2)57-40-49(35-37-53(57)52-28-12-11-27-51(42)52)66(47-24-7-4-8-25-47)62-34-18-33-60-63(62)56-30-14-16-32-59(56)64(60)58-31-15-13-29-54(58)55-38-36-50(41-61(55)64)65(46-22-5-3-6-23-46)48-26-17-21-45(39-48)44-19-9-10-20-44/h3-9,11-19,21-24,26-44,47,51-52H,10,20,25H2,1-2H3. The summed E-state index contributed by atoms with van der Waals surface area (Å²) in [6.07, 6.45) is 26.6. The van der Waals surface area contributed by atoms with Crippen LogP contribution in [0.4, 0.5) is 28.4 Å². The lowest BCUT2D eigenvalue weighted by molar-refractivity contribution is 0.318. The van der Waals surface area contributed by atoms with Gasteiger partial charge < -0.3 is 9.80 Å². The van der Waals surface area contributed by atoms with Crippen molar-refractivity contribution < 1.29 is 0 Å². The van der Waals surface area contributed by atoms with Crippen LogP contribution in [-0.4, -0.2) is 6.04 Å². The van der Waals surface area contributed by atoms with Crippen LogP contribution in [0.2, 0.25) is 0 Å². The Bertz CT molecular complexity index is 3220. The Kier molecular flexibility index (Phi) is 9.21. The third-order valence-corrected chi connectivity index (χ3v) is 16.2. The highest BCUT2D eigenvalue weighted by atomic mass is 15.2. The lowest BCUT2D eigenvalue weighted by Gasteiger charge is -2.42. The van der Waals surface area contributed by atoms with Crippen molar-refractivity contribution in [3.8, 4) is 22.3 Å². The van der Waals surface area contributed by atoms with Gasteiger partial charge in [-0.1, -0.05) is 178 Å². The highest BCUT2D eigenvalue weighted by Gasteiger charge is 2.53. The van der Waals surface area contributed by atoms with Crippen LogP contribution in [0.1, 0.15) is 89.8 Å². The zero-order valence-corrected chi connectivity index (χ0v) is 37.8. The molecule has 0 saturated carbocycles. The lowest BCUT2D eigenvalue weighted by Crippen LogP contribution is -2.32. The minimum Gasteiger partial charge on any atom is -0.334 e. The van der Waals surface area contributed by atoms with Crippen LogP contribution in [-0.2, 0) is 5.41 Å². The highest BCUT2D eigenvalue weighted by Crippen LogP contribution is 2.65. The summed E-state index contributed by atoms with van der Waals surface area (Å²) in [4.78, 5) is 5.15. The average molecular weight is 851 g/mol. The summed E-state index contributed by atoms with van der Waals surface area (Å²) in [5, 5.41) is 0. The molecule has 6 aliphatic rings. The van der Waals surface area contributed by atoms with E-state index in [4.69, 9.17) is 0 Å². The topological polar surface area (TPSA) is 6.48 Å². The van der Waals surface area contributed by atoms with E-state index in [1.54, 1.807) is 0 Å². The fourth-order valence-electron chi connectivity index (χ4n) is 13.1. The van der Waals surface area contributed by atoms with Crippen molar-refractivity contribution in [2.75, 3.05) is 9.80 Å². The Labute approximate surface area is 390 Å². The van der Waals surface area contributed by atoms with E-state index in [2.05, 4.69) is 242 Å². The van der Waals surface area contributed by atoms with Gasteiger partial charge in [0.2, 0.25) is 0 Å². The summed E-state index contributed by atoms with van der Waals surface area (Å²) in [7, 11) is 0. The normalized spacial score (nSPS) is 24.4. The zero-order chi connectivity index (χ0) is 43.9. The molecular formula is C64H54N2. The number of hydrogen-bond donors (Lipinski definition) is 0. The first-order chi connectivity index (χ1) is 32.6. The Balaban J connectivity index is 1.03. The minimum absolute atomic E-state index is 0.162. The number of allylic oxidation sites excluding steroid dienone is 8. The number of para-hydroxylation sites is 1. The molecule has 0 radical (unpaired) electrons. The van der Waals surface area contributed by atoms with Gasteiger partial charge >= 0.3 is 0 Å². The van der Waals surface area contributed by atoms with Crippen molar-refractivity contribution in [1.29, 1.82) is 0 Å². The van der Waals surface area contributed by atoms with Crippen LogP contribution in [0.3, 0.4) is 0 Å². The monoisotopic (exact) mass is 850 g/mol. The molecule has 2 heteroatoms. The summed E-state index contributed by atoms with van der Waals surface area (Å²) >= 11 is 0. The van der Waals surface area contributed by atoms with Crippen molar-refractivity contribution in [3.05, 3.63) is 257 Å². The minimum atomic E-state index is -0.521. The molecule has 0 bridgehead atoms. The molecule has 13 rings (SSSR count). The van der Waals surface area contributed by atoms with E-state index in [-0.39, 0.29) is 6.04 Å². The predicted octanol–water partition coefficient (Wildman–Crippen LogP) is 16.5. The molecule has 7 atom stereocenters. The van der Waals surface area contributed by atoms with Gasteiger partial charge in [-0.2, -0.15) is 0 Å². The first-order valence-electron chi connectivity index (χ1n) is 24.3. The predicted molar refractivity (Wildman–Crippen MR) is 276 cm³/mol. The third kappa shape index (κ3) is 5.80. The van der Waals surface area contributed by atoms with Crippen molar-refractivity contribution in [2.24, 2.45) is 11.8 Å². The number of benzene rings is 7. The number of rotatable bonds is 7. The quantitative estimate of drug-likeness (QED) is 0.147. The molecule has 6 aliphatic carbocycles. The molecule has 1 spiro atoms. The molecule has 2 nitrogen and oxygen atoms in total. The van der Waals surface area contributed by atoms with Gasteiger partial charge in [-0.05, 0) is 147 Å². The van der Waals surface area contributed by atoms with E-state index in [0.29, 0.717) is 29.6 Å². The lowest BCUT2D eigenvalue weighted by atomic mass is 9.64. The summed E-state index contributed by atoms with van der Waals surface area (Å²) in [6.45, 7) is 4.91. The van der Waals surface area contributed by atoms with E-state index in [9.17, 15) is 0 Å². The van der Waals surface area contributed by atoms with Gasteiger partial charge in [-0.3, -0.25) is 0 Å². The van der Waals surface area contributed by atoms with E-state index in [0.717, 1.165) is 24.2 Å². The van der Waals surface area contributed by atoms with Crippen molar-refractivity contribution in [3.63, 3.8) is 0 Å². The molecule has 0 heterocycles. The number of hydrogen-bond acceptors (Lipinski definition) is 2. The number of fused-ring (bicyclic) bond motifs is 13. The third-order valence-electron chi connectivity index (χ3n) is 16.2. The van der Waals surface area contributed by atoms with E-state index in [1.807, 2.05) is 0 Å². The fraction of sp³-hybridized carbons (Fsp3) is 0.188. The van der Waals surface area contributed by atoms with Crippen LogP contribution in [0.15, 0.2) is 218 Å². The molecule has 0 saturated heterocycles. The van der Waals surface area contributed by atoms with Crippen LogP contribution < -0.4 is 9.80 Å². The number of nitrogens with zero attached hydrogens (tertiary/aromatic N) is 2. The van der Waals surface area contributed by atoms with E-state index < -0.39 is 5.41 Å². The van der Waals surface area contributed by atoms with Gasteiger partial charge in [0.1, 0.15) is 0 Å². The molecule has 0 aromatic heterocycles. The first kappa shape index (κ1) is 39.2.